The molecular formula is C21H20N4O3S. The zero-order valence-electron chi connectivity index (χ0n) is 15.9. The van der Waals surface area contributed by atoms with Crippen LogP contribution in [0.1, 0.15) is 34.9 Å². The van der Waals surface area contributed by atoms with Crippen LogP contribution in [0.5, 0.6) is 0 Å². The summed E-state index contributed by atoms with van der Waals surface area (Å²) in [4.78, 5) is 24.4. The van der Waals surface area contributed by atoms with Crippen molar-refractivity contribution in [1.29, 1.82) is 0 Å². The fourth-order valence-electron chi connectivity index (χ4n) is 3.00. The zero-order valence-corrected chi connectivity index (χ0v) is 16.7. The summed E-state index contributed by atoms with van der Waals surface area (Å²) in [6.45, 7) is 0. The summed E-state index contributed by atoms with van der Waals surface area (Å²) in [6.07, 6.45) is 2.22. The second-order valence-corrected chi connectivity index (χ2v) is 7.60. The predicted molar refractivity (Wildman–Crippen MR) is 110 cm³/mol. The number of amides is 1. The zero-order chi connectivity index (χ0) is 20.2. The van der Waals surface area contributed by atoms with E-state index >= 15 is 0 Å². The summed E-state index contributed by atoms with van der Waals surface area (Å²) in [5.74, 6) is 0.784. The monoisotopic (exact) mass is 408 g/mol. The quantitative estimate of drug-likeness (QED) is 0.474. The van der Waals surface area contributed by atoms with Crippen molar-refractivity contribution in [2.75, 3.05) is 18.2 Å². The SMILES string of the molecule is COC(=O)c1ccccc1NC(=O)CSc1nnc(C2CC2)n1-c1ccccc1. The number of nitrogens with one attached hydrogen (secondary N) is 1. The number of ether oxygens (including phenoxy) is 1. The number of carbonyl (C=O) groups excluding carboxylic acids is 2. The smallest absolute Gasteiger partial charge is 0.339 e. The molecule has 1 aromatic heterocycles. The molecule has 0 bridgehead atoms. The van der Waals surface area contributed by atoms with Gasteiger partial charge in [-0.15, -0.1) is 10.2 Å². The van der Waals surface area contributed by atoms with Crippen molar-refractivity contribution in [3.05, 3.63) is 66.0 Å². The molecule has 0 aliphatic heterocycles. The molecular weight excluding hydrogens is 388 g/mol. The fourth-order valence-corrected chi connectivity index (χ4v) is 3.76. The number of carbonyl (C=O) groups is 2. The lowest BCUT2D eigenvalue weighted by atomic mass is 10.2. The van der Waals surface area contributed by atoms with Crippen molar-refractivity contribution >= 4 is 29.3 Å². The topological polar surface area (TPSA) is 86.1 Å². The number of thioether (sulfide) groups is 1. The maximum Gasteiger partial charge on any atom is 0.339 e. The molecule has 1 amide bonds. The van der Waals surface area contributed by atoms with E-state index in [2.05, 4.69) is 15.5 Å². The Hall–Kier alpha value is -3.13. The van der Waals surface area contributed by atoms with Crippen molar-refractivity contribution in [3.63, 3.8) is 0 Å². The molecule has 1 aliphatic carbocycles. The molecule has 0 radical (unpaired) electrons. The largest absolute Gasteiger partial charge is 0.465 e. The van der Waals surface area contributed by atoms with Crippen molar-refractivity contribution in [1.82, 2.24) is 14.8 Å². The van der Waals surface area contributed by atoms with Gasteiger partial charge in [-0.2, -0.15) is 0 Å². The number of hydrogen-bond donors (Lipinski definition) is 1. The van der Waals surface area contributed by atoms with Gasteiger partial charge in [0, 0.05) is 11.6 Å². The van der Waals surface area contributed by atoms with Crippen LogP contribution in [0.3, 0.4) is 0 Å². The number of benzene rings is 2. The van der Waals surface area contributed by atoms with Crippen molar-refractivity contribution < 1.29 is 14.3 Å². The van der Waals surface area contributed by atoms with Crippen LogP contribution >= 0.6 is 11.8 Å². The first-order valence-corrected chi connectivity index (χ1v) is 10.3. The number of para-hydroxylation sites is 2. The highest BCUT2D eigenvalue weighted by atomic mass is 32.2. The number of aromatic nitrogens is 3. The molecule has 1 N–H and O–H groups in total. The Morgan fingerprint density at radius 2 is 1.83 bits per heavy atom. The van der Waals surface area contributed by atoms with Crippen LogP contribution in [0, 0.1) is 0 Å². The van der Waals surface area contributed by atoms with Gasteiger partial charge in [-0.1, -0.05) is 42.1 Å². The number of esters is 1. The number of nitrogens with zero attached hydrogens (tertiary/aromatic N) is 3. The van der Waals surface area contributed by atoms with E-state index in [0.29, 0.717) is 22.3 Å². The highest BCUT2D eigenvalue weighted by Gasteiger charge is 2.31. The van der Waals surface area contributed by atoms with E-state index in [9.17, 15) is 9.59 Å². The summed E-state index contributed by atoms with van der Waals surface area (Å²) in [7, 11) is 1.31. The Morgan fingerprint density at radius 1 is 1.10 bits per heavy atom. The molecule has 0 unspecified atom stereocenters. The minimum atomic E-state index is -0.494. The predicted octanol–water partition coefficient (Wildman–Crippen LogP) is 3.66. The van der Waals surface area contributed by atoms with E-state index in [1.807, 2.05) is 34.9 Å². The molecule has 29 heavy (non-hydrogen) atoms. The Balaban J connectivity index is 1.49. The first-order chi connectivity index (χ1) is 14.2. The van der Waals surface area contributed by atoms with Gasteiger partial charge in [-0.05, 0) is 37.1 Å². The Labute approximate surface area is 172 Å². The van der Waals surface area contributed by atoms with Crippen LogP contribution in [-0.2, 0) is 9.53 Å². The lowest BCUT2D eigenvalue weighted by molar-refractivity contribution is -0.113. The highest BCUT2D eigenvalue weighted by Crippen LogP contribution is 2.41. The molecule has 7 nitrogen and oxygen atoms in total. The summed E-state index contributed by atoms with van der Waals surface area (Å²) >= 11 is 1.32. The van der Waals surface area contributed by atoms with Crippen molar-refractivity contribution in [2.24, 2.45) is 0 Å². The lowest BCUT2D eigenvalue weighted by Crippen LogP contribution is -2.17. The highest BCUT2D eigenvalue weighted by molar-refractivity contribution is 7.99. The fraction of sp³-hybridized carbons (Fsp3) is 0.238. The molecule has 8 heteroatoms. The van der Waals surface area contributed by atoms with Crippen LogP contribution in [0.15, 0.2) is 59.8 Å². The third-order valence-corrected chi connectivity index (χ3v) is 5.48. The van der Waals surface area contributed by atoms with Gasteiger partial charge < -0.3 is 10.1 Å². The molecule has 1 saturated carbocycles. The standard InChI is InChI=1S/C21H20N4O3S/c1-28-20(27)16-9-5-6-10-17(16)22-18(26)13-29-21-24-23-19(14-11-12-14)25(21)15-7-3-2-4-8-15/h2-10,14H,11-13H2,1H3,(H,22,26). The first kappa shape index (κ1) is 19.2. The van der Waals surface area contributed by atoms with Gasteiger partial charge >= 0.3 is 5.97 Å². The average molecular weight is 408 g/mol. The number of anilines is 1. The van der Waals surface area contributed by atoms with Crippen LogP contribution in [0.2, 0.25) is 0 Å². The van der Waals surface area contributed by atoms with Crippen LogP contribution in [0.25, 0.3) is 5.69 Å². The van der Waals surface area contributed by atoms with Gasteiger partial charge in [-0.25, -0.2) is 4.79 Å². The number of hydrogen-bond acceptors (Lipinski definition) is 6. The van der Waals surface area contributed by atoms with Crippen LogP contribution in [-0.4, -0.2) is 39.5 Å². The minimum Gasteiger partial charge on any atom is -0.465 e. The van der Waals surface area contributed by atoms with Crippen LogP contribution < -0.4 is 5.32 Å². The summed E-state index contributed by atoms with van der Waals surface area (Å²) in [5, 5.41) is 12.1. The molecule has 4 rings (SSSR count). The molecule has 1 aliphatic rings. The Kier molecular flexibility index (Phi) is 5.62. The molecule has 0 saturated heterocycles. The van der Waals surface area contributed by atoms with Gasteiger partial charge in [0.15, 0.2) is 5.16 Å². The van der Waals surface area contributed by atoms with Crippen molar-refractivity contribution in [2.45, 2.75) is 23.9 Å². The average Bonchev–Trinajstić information content (AvgIpc) is 3.52. The van der Waals surface area contributed by atoms with Gasteiger partial charge in [0.25, 0.3) is 0 Å². The Bertz CT molecular complexity index is 1030. The molecule has 3 aromatic rings. The minimum absolute atomic E-state index is 0.144. The van der Waals surface area contributed by atoms with E-state index < -0.39 is 5.97 Å². The molecule has 0 spiro atoms. The van der Waals surface area contributed by atoms with E-state index in [1.165, 1.54) is 18.9 Å². The molecule has 1 fully saturated rings. The summed E-state index contributed by atoms with van der Waals surface area (Å²) in [5.41, 5.74) is 1.73. The third kappa shape index (κ3) is 4.32. The molecule has 1 heterocycles. The van der Waals surface area contributed by atoms with E-state index in [-0.39, 0.29) is 11.7 Å². The molecule has 148 valence electrons. The maximum absolute atomic E-state index is 12.5. The van der Waals surface area contributed by atoms with E-state index in [4.69, 9.17) is 4.74 Å². The third-order valence-electron chi connectivity index (χ3n) is 4.55. The molecule has 2 aromatic carbocycles. The van der Waals surface area contributed by atoms with Gasteiger partial charge in [0.05, 0.1) is 24.1 Å². The normalized spacial score (nSPS) is 13.1. The molecule has 0 atom stereocenters. The number of rotatable bonds is 7. The lowest BCUT2D eigenvalue weighted by Gasteiger charge is -2.11. The second kappa shape index (κ2) is 8.48. The van der Waals surface area contributed by atoms with Gasteiger partial charge in [-0.3, -0.25) is 9.36 Å². The Morgan fingerprint density at radius 3 is 2.55 bits per heavy atom. The summed E-state index contributed by atoms with van der Waals surface area (Å²) < 4.78 is 6.79. The van der Waals surface area contributed by atoms with E-state index in [0.717, 1.165) is 24.4 Å². The van der Waals surface area contributed by atoms with Gasteiger partial charge in [0.1, 0.15) is 5.82 Å². The number of methoxy groups -OCH3 is 1. The first-order valence-electron chi connectivity index (χ1n) is 9.28. The van der Waals surface area contributed by atoms with E-state index in [1.54, 1.807) is 24.3 Å². The van der Waals surface area contributed by atoms with Crippen molar-refractivity contribution in [3.8, 4) is 5.69 Å². The second-order valence-electron chi connectivity index (χ2n) is 6.66. The van der Waals surface area contributed by atoms with Crippen LogP contribution in [0.4, 0.5) is 5.69 Å². The summed E-state index contributed by atoms with van der Waals surface area (Å²) in [6, 6.07) is 16.7. The maximum atomic E-state index is 12.5. The van der Waals surface area contributed by atoms with Gasteiger partial charge in [0.2, 0.25) is 5.91 Å².